The van der Waals surface area contributed by atoms with Crippen molar-refractivity contribution in [3.8, 4) is 39.5 Å². The van der Waals surface area contributed by atoms with E-state index < -0.39 is 21.7 Å². The first-order valence-corrected chi connectivity index (χ1v) is 15.1. The molecule has 0 aliphatic carbocycles. The molecule has 9 nitrogen and oxygen atoms in total. The van der Waals surface area contributed by atoms with Crippen molar-refractivity contribution < 1.29 is 26.8 Å². The Kier molecular flexibility index (Phi) is 6.89. The van der Waals surface area contributed by atoms with Crippen molar-refractivity contribution in [2.24, 2.45) is 0 Å². The van der Waals surface area contributed by atoms with E-state index in [2.05, 4.69) is 15.3 Å². The average Bonchev–Trinajstić information content (AvgIpc) is 3.61. The van der Waals surface area contributed by atoms with Crippen molar-refractivity contribution in [2.45, 2.75) is 0 Å². The molecule has 0 fully saturated rings. The fourth-order valence-corrected chi connectivity index (χ4v) is 5.61. The Morgan fingerprint density at radius 3 is 2.44 bits per heavy atom. The number of carbonyl (C=O) groups excluding carboxylic acids is 1. The number of ether oxygens (including phenoxy) is 1. The number of anilines is 1. The number of hydrogen-bond acceptors (Lipinski definition) is 6. The molecular weight excluding hydrogens is 571 g/mol. The number of furan rings is 1. The topological polar surface area (TPSA) is 118 Å². The van der Waals surface area contributed by atoms with Gasteiger partial charge in [-0.05, 0) is 72.3 Å². The third-order valence-corrected chi connectivity index (χ3v) is 8.55. The summed E-state index contributed by atoms with van der Waals surface area (Å²) in [6.07, 6.45) is 2.81. The molecule has 3 heterocycles. The summed E-state index contributed by atoms with van der Waals surface area (Å²) >= 11 is 0. The van der Waals surface area contributed by atoms with Crippen LogP contribution in [0.2, 0.25) is 0 Å². The van der Waals surface area contributed by atoms with Gasteiger partial charge in [-0.2, -0.15) is 0 Å². The highest BCUT2D eigenvalue weighted by Gasteiger charge is 2.26. The fraction of sp³-hybridized carbons (Fsp3) is 0.125. The molecule has 0 aliphatic rings. The normalized spacial score (nSPS) is 11.7. The zero-order chi connectivity index (χ0) is 30.5. The van der Waals surface area contributed by atoms with Crippen LogP contribution in [0.15, 0.2) is 83.4 Å². The van der Waals surface area contributed by atoms with Crippen LogP contribution in [0.25, 0.3) is 55.7 Å². The number of nitrogens with zero attached hydrogens (tertiary/aromatic N) is 2. The highest BCUT2D eigenvalue weighted by Crippen LogP contribution is 2.43. The van der Waals surface area contributed by atoms with Crippen LogP contribution < -0.4 is 14.4 Å². The molecule has 3 aromatic heterocycles. The maximum absolute atomic E-state index is 13.7. The number of hydrogen-bond donors (Lipinski definition) is 2. The molecule has 0 saturated heterocycles. The Balaban J connectivity index is 1.64. The largest absolute Gasteiger partial charge is 0.497 e. The van der Waals surface area contributed by atoms with Gasteiger partial charge in [0, 0.05) is 59.5 Å². The van der Waals surface area contributed by atoms with Gasteiger partial charge in [0.2, 0.25) is 10.0 Å². The molecule has 43 heavy (non-hydrogen) atoms. The molecule has 1 amide bonds. The molecule has 6 rings (SSSR count). The van der Waals surface area contributed by atoms with Gasteiger partial charge in [-0.3, -0.25) is 9.10 Å². The molecule has 0 spiro atoms. The predicted molar refractivity (Wildman–Crippen MR) is 165 cm³/mol. The lowest BCUT2D eigenvalue weighted by Gasteiger charge is -2.21. The number of nitrogens with one attached hydrogen (secondary N) is 2. The molecule has 0 radical (unpaired) electrons. The van der Waals surface area contributed by atoms with Crippen LogP contribution in [-0.4, -0.2) is 51.8 Å². The van der Waals surface area contributed by atoms with E-state index in [0.717, 1.165) is 32.9 Å². The van der Waals surface area contributed by atoms with Crippen LogP contribution >= 0.6 is 0 Å². The maximum Gasteiger partial charge on any atom is 0.255 e. The van der Waals surface area contributed by atoms with E-state index in [9.17, 15) is 17.6 Å². The maximum atomic E-state index is 13.7. The van der Waals surface area contributed by atoms with E-state index in [4.69, 9.17) is 9.15 Å². The number of methoxy groups -OCH3 is 1. The second-order valence-corrected chi connectivity index (χ2v) is 12.1. The Morgan fingerprint density at radius 1 is 1.02 bits per heavy atom. The summed E-state index contributed by atoms with van der Waals surface area (Å²) in [5.41, 5.74) is 4.81. The van der Waals surface area contributed by atoms with Crippen molar-refractivity contribution in [3.05, 3.63) is 90.4 Å². The standard InChI is InChI=1S/C32H27FN4O5S/c1-34-32(38)29-25-16-24(20-12-21(14-23(13-20)41-3)26-15-19-6-5-11-35-31(19)36-26)27(37(2)43(4,39)40)17-28(25)42-30(29)18-7-9-22(33)10-8-18/h5-17H,1-4H3,(H,34,38)(H,35,36). The zero-order valence-corrected chi connectivity index (χ0v) is 24.5. The molecular formula is C32H27FN4O5S. The first-order chi connectivity index (χ1) is 20.6. The number of sulfonamides is 1. The van der Waals surface area contributed by atoms with Crippen molar-refractivity contribution in [3.63, 3.8) is 0 Å². The zero-order valence-electron chi connectivity index (χ0n) is 23.7. The van der Waals surface area contributed by atoms with Gasteiger partial charge in [-0.25, -0.2) is 17.8 Å². The minimum atomic E-state index is -3.71. The monoisotopic (exact) mass is 598 g/mol. The molecule has 0 aliphatic heterocycles. The van der Waals surface area contributed by atoms with E-state index in [1.54, 1.807) is 31.5 Å². The number of benzene rings is 3. The highest BCUT2D eigenvalue weighted by molar-refractivity contribution is 7.92. The molecule has 0 saturated carbocycles. The van der Waals surface area contributed by atoms with Crippen LogP contribution in [0.1, 0.15) is 10.4 Å². The van der Waals surface area contributed by atoms with Crippen LogP contribution in [-0.2, 0) is 10.0 Å². The molecule has 0 unspecified atom stereocenters. The molecule has 0 bridgehead atoms. The van der Waals surface area contributed by atoms with Gasteiger partial charge in [0.05, 0.1) is 24.6 Å². The average molecular weight is 599 g/mol. The number of rotatable bonds is 7. The van der Waals surface area contributed by atoms with E-state index >= 15 is 0 Å². The lowest BCUT2D eigenvalue weighted by atomic mass is 9.96. The van der Waals surface area contributed by atoms with Crippen LogP contribution in [0.3, 0.4) is 0 Å². The minimum Gasteiger partial charge on any atom is -0.497 e. The fourth-order valence-electron chi connectivity index (χ4n) is 5.10. The number of aromatic amines is 1. The molecule has 0 atom stereocenters. The van der Waals surface area contributed by atoms with Gasteiger partial charge in [0.15, 0.2) is 0 Å². The van der Waals surface area contributed by atoms with E-state index in [-0.39, 0.29) is 16.9 Å². The number of pyridine rings is 1. The van der Waals surface area contributed by atoms with Gasteiger partial charge in [-0.1, -0.05) is 0 Å². The molecule has 2 N–H and O–H groups in total. The van der Waals surface area contributed by atoms with Crippen molar-refractivity contribution in [2.75, 3.05) is 31.8 Å². The van der Waals surface area contributed by atoms with Gasteiger partial charge in [0.25, 0.3) is 5.91 Å². The quantitative estimate of drug-likeness (QED) is 0.226. The van der Waals surface area contributed by atoms with Gasteiger partial charge < -0.3 is 19.5 Å². The number of aromatic nitrogens is 2. The first-order valence-electron chi connectivity index (χ1n) is 13.2. The van der Waals surface area contributed by atoms with Gasteiger partial charge >= 0.3 is 0 Å². The van der Waals surface area contributed by atoms with Crippen LogP contribution in [0.5, 0.6) is 5.75 Å². The second-order valence-electron chi connectivity index (χ2n) is 10.1. The smallest absolute Gasteiger partial charge is 0.255 e. The summed E-state index contributed by atoms with van der Waals surface area (Å²) in [5, 5.41) is 4.04. The first kappa shape index (κ1) is 28.0. The third-order valence-electron chi connectivity index (χ3n) is 7.36. The number of fused-ring (bicyclic) bond motifs is 2. The summed E-state index contributed by atoms with van der Waals surface area (Å²) < 4.78 is 52.3. The minimum absolute atomic E-state index is 0.233. The van der Waals surface area contributed by atoms with Gasteiger partial charge in [0.1, 0.15) is 28.6 Å². The Bertz CT molecular complexity index is 2100. The van der Waals surface area contributed by atoms with Crippen molar-refractivity contribution in [1.82, 2.24) is 15.3 Å². The lowest BCUT2D eigenvalue weighted by Crippen LogP contribution is -2.25. The van der Waals surface area contributed by atoms with E-state index in [1.807, 2.05) is 30.3 Å². The summed E-state index contributed by atoms with van der Waals surface area (Å²) in [4.78, 5) is 20.9. The third kappa shape index (κ3) is 5.08. The number of halogens is 1. The SMILES string of the molecule is CNC(=O)c1c(-c2ccc(F)cc2)oc2cc(N(C)S(C)(=O)=O)c(-c3cc(OC)cc(-c4cc5cccnc5[nH]4)c3)cc12. The van der Waals surface area contributed by atoms with Crippen LogP contribution in [0, 0.1) is 5.82 Å². The Hall–Kier alpha value is -5.16. The summed E-state index contributed by atoms with van der Waals surface area (Å²) in [6, 6.07) is 20.3. The Morgan fingerprint density at radius 2 is 1.77 bits per heavy atom. The highest BCUT2D eigenvalue weighted by atomic mass is 32.2. The summed E-state index contributed by atoms with van der Waals surface area (Å²) in [5.74, 6) is -0.0697. The van der Waals surface area contributed by atoms with Crippen molar-refractivity contribution >= 4 is 43.6 Å². The molecule has 6 aromatic rings. The number of carbonyl (C=O) groups is 1. The lowest BCUT2D eigenvalue weighted by molar-refractivity contribution is 0.0964. The molecule has 218 valence electrons. The van der Waals surface area contributed by atoms with E-state index in [0.29, 0.717) is 33.5 Å². The van der Waals surface area contributed by atoms with Gasteiger partial charge in [-0.15, -0.1) is 0 Å². The molecule has 11 heteroatoms. The second kappa shape index (κ2) is 10.6. The van der Waals surface area contributed by atoms with E-state index in [1.165, 1.54) is 38.4 Å². The predicted octanol–water partition coefficient (Wildman–Crippen LogP) is 6.21. The number of amides is 1. The summed E-state index contributed by atoms with van der Waals surface area (Å²) in [7, 11) is 0.804. The van der Waals surface area contributed by atoms with Crippen molar-refractivity contribution in [1.29, 1.82) is 0 Å². The molecule has 3 aromatic carbocycles. The Labute approximate surface area is 247 Å². The number of H-pyrrole nitrogens is 1. The van der Waals surface area contributed by atoms with Crippen LogP contribution in [0.4, 0.5) is 10.1 Å². The summed E-state index contributed by atoms with van der Waals surface area (Å²) in [6.45, 7) is 0.